The second-order valence-electron chi connectivity index (χ2n) is 5.59. The fourth-order valence-electron chi connectivity index (χ4n) is 2.82. The van der Waals surface area contributed by atoms with Crippen LogP contribution in [0.25, 0.3) is 33.3 Å². The van der Waals surface area contributed by atoms with Crippen LogP contribution in [0.4, 0.5) is 0 Å². The Labute approximate surface area is 154 Å². The molecule has 0 N–H and O–H groups in total. The van der Waals surface area contributed by atoms with E-state index in [9.17, 15) is 0 Å². The van der Waals surface area contributed by atoms with Gasteiger partial charge in [-0.3, -0.25) is 0 Å². The third-order valence-corrected chi connectivity index (χ3v) is 4.74. The van der Waals surface area contributed by atoms with E-state index < -0.39 is 0 Å². The molecule has 1 heterocycles. The van der Waals surface area contributed by atoms with Crippen molar-refractivity contribution in [1.29, 1.82) is 0 Å². The van der Waals surface area contributed by atoms with Crippen LogP contribution in [0.2, 0.25) is 5.02 Å². The standard InChI is InChI=1S/C21H13BrClN/c22-16-8-11-20-19(12-16)18(14-4-2-1-3-5-14)13-21(24-20)15-6-9-17(23)10-7-15/h1-13H. The van der Waals surface area contributed by atoms with Crippen molar-refractivity contribution in [2.75, 3.05) is 0 Å². The van der Waals surface area contributed by atoms with Gasteiger partial charge in [0.25, 0.3) is 0 Å². The summed E-state index contributed by atoms with van der Waals surface area (Å²) in [7, 11) is 0. The highest BCUT2D eigenvalue weighted by atomic mass is 79.9. The number of rotatable bonds is 2. The maximum Gasteiger partial charge on any atom is 0.0716 e. The maximum atomic E-state index is 6.01. The Balaban J connectivity index is 2.00. The third-order valence-electron chi connectivity index (χ3n) is 4.00. The lowest BCUT2D eigenvalue weighted by molar-refractivity contribution is 1.39. The van der Waals surface area contributed by atoms with Crippen molar-refractivity contribution in [3.05, 3.63) is 88.4 Å². The number of hydrogen-bond acceptors (Lipinski definition) is 1. The van der Waals surface area contributed by atoms with Gasteiger partial charge in [-0.25, -0.2) is 4.98 Å². The summed E-state index contributed by atoms with van der Waals surface area (Å²) in [6.45, 7) is 0. The predicted octanol–water partition coefficient (Wildman–Crippen LogP) is 6.98. The molecule has 0 aliphatic carbocycles. The zero-order valence-corrected chi connectivity index (χ0v) is 15.1. The van der Waals surface area contributed by atoms with Crippen molar-refractivity contribution in [2.45, 2.75) is 0 Å². The summed E-state index contributed by atoms with van der Waals surface area (Å²) in [5, 5.41) is 1.86. The zero-order valence-electron chi connectivity index (χ0n) is 12.7. The fourth-order valence-corrected chi connectivity index (χ4v) is 3.31. The molecule has 3 aromatic carbocycles. The van der Waals surface area contributed by atoms with Crippen LogP contribution in [0.3, 0.4) is 0 Å². The van der Waals surface area contributed by atoms with Crippen LogP contribution < -0.4 is 0 Å². The Bertz CT molecular complexity index is 1010. The van der Waals surface area contributed by atoms with Gasteiger partial charge in [0.2, 0.25) is 0 Å². The van der Waals surface area contributed by atoms with Gasteiger partial charge < -0.3 is 0 Å². The summed E-state index contributed by atoms with van der Waals surface area (Å²) in [5.41, 5.74) is 5.33. The average molecular weight is 395 g/mol. The number of benzene rings is 3. The Morgan fingerprint density at radius 3 is 2.25 bits per heavy atom. The van der Waals surface area contributed by atoms with Gasteiger partial charge in [-0.2, -0.15) is 0 Å². The van der Waals surface area contributed by atoms with Crippen molar-refractivity contribution in [3.8, 4) is 22.4 Å². The topological polar surface area (TPSA) is 12.9 Å². The number of aromatic nitrogens is 1. The minimum Gasteiger partial charge on any atom is -0.248 e. The lowest BCUT2D eigenvalue weighted by Gasteiger charge is -2.11. The zero-order chi connectivity index (χ0) is 16.5. The first-order valence-electron chi connectivity index (χ1n) is 7.62. The molecule has 0 bridgehead atoms. The number of hydrogen-bond donors (Lipinski definition) is 0. The van der Waals surface area contributed by atoms with Gasteiger partial charge in [0, 0.05) is 20.4 Å². The summed E-state index contributed by atoms with van der Waals surface area (Å²) in [4.78, 5) is 4.84. The second kappa shape index (κ2) is 6.39. The number of halogens is 2. The van der Waals surface area contributed by atoms with Crippen LogP contribution in [0, 0.1) is 0 Å². The molecule has 0 radical (unpaired) electrons. The summed E-state index contributed by atoms with van der Waals surface area (Å²) in [5.74, 6) is 0. The van der Waals surface area contributed by atoms with Gasteiger partial charge in [-0.15, -0.1) is 0 Å². The SMILES string of the molecule is Clc1ccc(-c2cc(-c3ccccc3)c3cc(Br)ccc3n2)cc1. The number of fused-ring (bicyclic) bond motifs is 1. The summed E-state index contributed by atoms with van der Waals surface area (Å²) in [6.07, 6.45) is 0. The first-order valence-corrected chi connectivity index (χ1v) is 8.79. The van der Waals surface area contributed by atoms with E-state index in [1.165, 1.54) is 11.1 Å². The smallest absolute Gasteiger partial charge is 0.0716 e. The molecule has 0 saturated heterocycles. The van der Waals surface area contributed by atoms with Crippen molar-refractivity contribution in [3.63, 3.8) is 0 Å². The lowest BCUT2D eigenvalue weighted by Crippen LogP contribution is -1.90. The molecule has 4 rings (SSSR count). The molecule has 116 valence electrons. The Morgan fingerprint density at radius 1 is 0.750 bits per heavy atom. The minimum atomic E-state index is 0.728. The van der Waals surface area contributed by atoms with E-state index in [-0.39, 0.29) is 0 Å². The van der Waals surface area contributed by atoms with E-state index in [0.717, 1.165) is 31.7 Å². The van der Waals surface area contributed by atoms with Gasteiger partial charge in [0.1, 0.15) is 0 Å². The van der Waals surface area contributed by atoms with Crippen molar-refractivity contribution < 1.29 is 0 Å². The van der Waals surface area contributed by atoms with Crippen LogP contribution >= 0.6 is 27.5 Å². The summed E-state index contributed by atoms with van der Waals surface area (Å²) >= 11 is 9.58. The molecule has 4 aromatic rings. The molecule has 0 spiro atoms. The Hall–Kier alpha value is -2.16. The second-order valence-corrected chi connectivity index (χ2v) is 6.94. The molecule has 3 heteroatoms. The van der Waals surface area contributed by atoms with Crippen LogP contribution in [-0.4, -0.2) is 4.98 Å². The largest absolute Gasteiger partial charge is 0.248 e. The lowest BCUT2D eigenvalue weighted by atomic mass is 9.98. The molecular weight excluding hydrogens is 382 g/mol. The molecule has 0 aliphatic rings. The normalized spacial score (nSPS) is 10.9. The number of pyridine rings is 1. The van der Waals surface area contributed by atoms with Crippen molar-refractivity contribution >= 4 is 38.4 Å². The highest BCUT2D eigenvalue weighted by Crippen LogP contribution is 2.33. The van der Waals surface area contributed by atoms with E-state index in [1.807, 2.05) is 42.5 Å². The molecule has 0 fully saturated rings. The van der Waals surface area contributed by atoms with E-state index in [0.29, 0.717) is 0 Å². The highest BCUT2D eigenvalue weighted by molar-refractivity contribution is 9.10. The van der Waals surface area contributed by atoms with Gasteiger partial charge in [0.15, 0.2) is 0 Å². The van der Waals surface area contributed by atoms with Crippen molar-refractivity contribution in [2.24, 2.45) is 0 Å². The van der Waals surface area contributed by atoms with E-state index in [1.54, 1.807) is 0 Å². The molecule has 0 aliphatic heterocycles. The van der Waals surface area contributed by atoms with Crippen LogP contribution in [0.5, 0.6) is 0 Å². The maximum absolute atomic E-state index is 6.01. The van der Waals surface area contributed by atoms with Gasteiger partial charge in [-0.1, -0.05) is 70.0 Å². The summed E-state index contributed by atoms with van der Waals surface area (Å²) in [6, 6.07) is 26.5. The van der Waals surface area contributed by atoms with Crippen LogP contribution in [0.15, 0.2) is 83.3 Å². The predicted molar refractivity (Wildman–Crippen MR) is 105 cm³/mol. The fraction of sp³-hybridized carbons (Fsp3) is 0. The Morgan fingerprint density at radius 2 is 1.50 bits per heavy atom. The average Bonchev–Trinajstić information content (AvgIpc) is 2.62. The monoisotopic (exact) mass is 393 g/mol. The molecule has 0 saturated carbocycles. The quantitative estimate of drug-likeness (QED) is 0.357. The first kappa shape index (κ1) is 15.4. The van der Waals surface area contributed by atoms with Crippen molar-refractivity contribution in [1.82, 2.24) is 4.98 Å². The van der Waals surface area contributed by atoms with E-state index in [4.69, 9.17) is 16.6 Å². The number of nitrogens with zero attached hydrogens (tertiary/aromatic N) is 1. The van der Waals surface area contributed by atoms with Crippen LogP contribution in [-0.2, 0) is 0 Å². The van der Waals surface area contributed by atoms with Crippen LogP contribution in [0.1, 0.15) is 0 Å². The molecule has 1 nitrogen and oxygen atoms in total. The Kier molecular flexibility index (Phi) is 4.09. The minimum absolute atomic E-state index is 0.728. The molecule has 1 aromatic heterocycles. The molecule has 24 heavy (non-hydrogen) atoms. The first-order chi connectivity index (χ1) is 11.7. The van der Waals surface area contributed by atoms with Gasteiger partial charge in [-0.05, 0) is 47.5 Å². The summed E-state index contributed by atoms with van der Waals surface area (Å²) < 4.78 is 1.05. The van der Waals surface area contributed by atoms with E-state index in [2.05, 4.69) is 52.3 Å². The van der Waals surface area contributed by atoms with E-state index >= 15 is 0 Å². The molecule has 0 amide bonds. The molecule has 0 atom stereocenters. The molecule has 0 unspecified atom stereocenters. The third kappa shape index (κ3) is 2.95. The molecular formula is C21H13BrClN. The van der Waals surface area contributed by atoms with Gasteiger partial charge in [0.05, 0.1) is 11.2 Å². The van der Waals surface area contributed by atoms with Gasteiger partial charge >= 0.3 is 0 Å². The highest BCUT2D eigenvalue weighted by Gasteiger charge is 2.10.